The number of aromatic nitrogens is 1. The number of carbonyl (C=O) groups excluding carboxylic acids is 1. The number of furan rings is 1. The Labute approximate surface area is 309 Å². The fraction of sp³-hybridized carbons (Fsp3) is 0.395. The second-order valence-electron chi connectivity index (χ2n) is 14.7. The van der Waals surface area contributed by atoms with Crippen LogP contribution in [0.3, 0.4) is 0 Å². The predicted octanol–water partition coefficient (Wildman–Crippen LogP) is 13.1. The number of pyridine rings is 1. The van der Waals surface area contributed by atoms with Crippen molar-refractivity contribution >= 4 is 59.9 Å². The molecule has 4 nitrogen and oxygen atoms in total. The summed E-state index contributed by atoms with van der Waals surface area (Å²) in [4.78, 5) is 17.0. The van der Waals surface area contributed by atoms with Gasteiger partial charge in [-0.2, -0.15) is 0 Å². The fourth-order valence-corrected chi connectivity index (χ4v) is 7.30. The number of thiophene rings is 1. The molecule has 0 bridgehead atoms. The van der Waals surface area contributed by atoms with Gasteiger partial charge in [0.2, 0.25) is 0 Å². The van der Waals surface area contributed by atoms with Gasteiger partial charge < -0.3 is 9.52 Å². The number of allylic oxidation sites excluding steroid dienone is 2. The molecule has 0 fully saturated rings. The number of carbonyl (C=O) groups is 1. The molecule has 0 unspecified atom stereocenters. The largest absolute Gasteiger partial charge is 0.512 e. The van der Waals surface area contributed by atoms with Gasteiger partial charge in [-0.3, -0.25) is 9.78 Å². The van der Waals surface area contributed by atoms with E-state index in [0.29, 0.717) is 0 Å². The molecule has 6 aromatic rings. The molecule has 6 rings (SSSR count). The first-order chi connectivity index (χ1) is 22.7. The molecule has 0 amide bonds. The maximum absolute atomic E-state index is 12.2. The maximum Gasteiger partial charge on any atom is 0.164 e. The molecule has 261 valence electrons. The van der Waals surface area contributed by atoms with Crippen LogP contribution in [0.1, 0.15) is 99.1 Å². The summed E-state index contributed by atoms with van der Waals surface area (Å²) in [5.41, 5.74) is 5.72. The van der Waals surface area contributed by atoms with Crippen LogP contribution in [-0.2, 0) is 30.3 Å². The third-order valence-electron chi connectivity index (χ3n) is 10.7. The molecule has 0 aliphatic carbocycles. The Bertz CT molecular complexity index is 2140. The van der Waals surface area contributed by atoms with E-state index in [1.807, 2.05) is 53.8 Å². The summed E-state index contributed by atoms with van der Waals surface area (Å²) >= 11 is 1.78. The monoisotopic (exact) mass is 853 g/mol. The van der Waals surface area contributed by atoms with Crippen LogP contribution in [-0.4, -0.2) is 15.9 Å². The number of nitrogens with zero attached hydrogens (tertiary/aromatic N) is 1. The second kappa shape index (κ2) is 14.9. The van der Waals surface area contributed by atoms with Gasteiger partial charge in [0.05, 0.1) is 0 Å². The predicted molar refractivity (Wildman–Crippen MR) is 205 cm³/mol. The minimum Gasteiger partial charge on any atom is -0.512 e. The van der Waals surface area contributed by atoms with E-state index in [-0.39, 0.29) is 47.9 Å². The number of aryl methyl sites for hydroxylation is 1. The van der Waals surface area contributed by atoms with Crippen LogP contribution in [0, 0.1) is 23.8 Å². The molecule has 0 aliphatic heterocycles. The second-order valence-corrected chi connectivity index (χ2v) is 15.6. The van der Waals surface area contributed by atoms with Crippen LogP contribution >= 0.6 is 11.3 Å². The Morgan fingerprint density at radius 2 is 1.51 bits per heavy atom. The number of rotatable bonds is 8. The van der Waals surface area contributed by atoms with Gasteiger partial charge in [0, 0.05) is 69.8 Å². The minimum atomic E-state index is -0.337. The van der Waals surface area contributed by atoms with Gasteiger partial charge in [-0.1, -0.05) is 91.5 Å². The van der Waals surface area contributed by atoms with Crippen LogP contribution in [0.15, 0.2) is 76.4 Å². The van der Waals surface area contributed by atoms with Crippen molar-refractivity contribution in [3.63, 3.8) is 0 Å². The molecule has 1 N–H and O–H groups in total. The number of fused-ring (bicyclic) bond motifs is 6. The molecule has 6 heteroatoms. The smallest absolute Gasteiger partial charge is 0.164 e. The summed E-state index contributed by atoms with van der Waals surface area (Å²) in [6, 6.07) is 20.6. The van der Waals surface area contributed by atoms with Crippen LogP contribution in [0.5, 0.6) is 0 Å². The molecule has 3 aromatic carbocycles. The van der Waals surface area contributed by atoms with E-state index in [4.69, 9.17) is 9.40 Å². The average molecular weight is 853 g/mol. The Morgan fingerprint density at radius 1 is 0.878 bits per heavy atom. The molecule has 0 saturated carbocycles. The van der Waals surface area contributed by atoms with Crippen molar-refractivity contribution in [3.8, 4) is 11.3 Å². The van der Waals surface area contributed by atoms with Crippen LogP contribution in [0.25, 0.3) is 54.1 Å². The number of hydrogen-bond acceptors (Lipinski definition) is 5. The average Bonchev–Trinajstić information content (AvgIpc) is 3.66. The summed E-state index contributed by atoms with van der Waals surface area (Å²) < 4.78 is 7.56. The molecule has 0 saturated heterocycles. The third-order valence-corrected chi connectivity index (χ3v) is 11.8. The van der Waals surface area contributed by atoms with Gasteiger partial charge in [0.25, 0.3) is 0 Å². The first kappa shape index (κ1) is 38.5. The number of hydrogen-bond donors (Lipinski definition) is 1. The van der Waals surface area contributed by atoms with Gasteiger partial charge >= 0.3 is 0 Å². The SMILES string of the molecule is CCC(C)(CC)C(=O)/C=C(\O)C(C)(CC)CC.Cc1csc2ccc3oc4ccnc(-c5[c-]c6ccccc6c(C(C)(C)C)c5)c4c3c12.[Ir]. The van der Waals surface area contributed by atoms with Crippen molar-refractivity contribution in [2.75, 3.05) is 0 Å². The van der Waals surface area contributed by atoms with Crippen molar-refractivity contribution < 1.29 is 34.4 Å². The van der Waals surface area contributed by atoms with E-state index in [2.05, 4.69) is 81.6 Å². The van der Waals surface area contributed by atoms with Crippen molar-refractivity contribution in [3.05, 3.63) is 89.1 Å². The Hall–Kier alpha value is -3.31. The number of aliphatic hydroxyl groups excluding tert-OH is 1. The Kier molecular flexibility index (Phi) is 11.7. The number of benzene rings is 3. The van der Waals surface area contributed by atoms with E-state index in [1.165, 1.54) is 32.7 Å². The Morgan fingerprint density at radius 3 is 2.14 bits per heavy atom. The summed E-state index contributed by atoms with van der Waals surface area (Å²) in [6.07, 6.45) is 6.60. The standard InChI is InChI=1S/C28H22NOS.C15H28O2.Ir/c1-16-15-31-23-10-9-21-25(24(16)23)26-22(30-21)11-12-29-27(26)18-13-17-7-5-6-8-19(17)20(14-18)28(2,3)4;1-7-14(5,8-2)12(16)11-13(17)15(6,9-3)10-4;/h5-12,14-15H,1-4H3;11,16H,7-10H2,1-6H3;/q-1;;/b;12-11-;. The molecular formula is C43H50IrNO3S-. The minimum absolute atomic E-state index is 0. The number of ketones is 1. The quantitative estimate of drug-likeness (QED) is 0.0941. The van der Waals surface area contributed by atoms with Crippen molar-refractivity contribution in [1.82, 2.24) is 4.98 Å². The van der Waals surface area contributed by atoms with E-state index in [0.717, 1.165) is 64.3 Å². The fourth-order valence-electron chi connectivity index (χ4n) is 6.35. The van der Waals surface area contributed by atoms with E-state index >= 15 is 0 Å². The van der Waals surface area contributed by atoms with Gasteiger partial charge in [0.15, 0.2) is 5.78 Å². The molecule has 3 heterocycles. The first-order valence-corrected chi connectivity index (χ1v) is 18.2. The molecule has 0 spiro atoms. The summed E-state index contributed by atoms with van der Waals surface area (Å²) in [6.45, 7) is 21.0. The molecule has 0 aliphatic rings. The Balaban J connectivity index is 0.000000260. The van der Waals surface area contributed by atoms with Crippen molar-refractivity contribution in [2.45, 2.75) is 100 Å². The summed E-state index contributed by atoms with van der Waals surface area (Å²) in [5, 5.41) is 18.2. The van der Waals surface area contributed by atoms with Gasteiger partial charge in [-0.15, -0.1) is 40.5 Å². The number of aliphatic hydroxyl groups is 1. The van der Waals surface area contributed by atoms with Crippen molar-refractivity contribution in [1.29, 1.82) is 0 Å². The molecule has 49 heavy (non-hydrogen) atoms. The van der Waals surface area contributed by atoms with Gasteiger partial charge in [0.1, 0.15) is 16.9 Å². The van der Waals surface area contributed by atoms with Gasteiger partial charge in [-0.25, -0.2) is 0 Å². The maximum atomic E-state index is 12.2. The van der Waals surface area contributed by atoms with Crippen LogP contribution in [0.4, 0.5) is 0 Å². The third kappa shape index (κ3) is 7.29. The zero-order valence-electron chi connectivity index (χ0n) is 30.6. The topological polar surface area (TPSA) is 63.3 Å². The van der Waals surface area contributed by atoms with Gasteiger partial charge in [-0.05, 0) is 67.2 Å². The zero-order chi connectivity index (χ0) is 35.0. The van der Waals surface area contributed by atoms with Crippen LogP contribution < -0.4 is 0 Å². The van der Waals surface area contributed by atoms with Crippen molar-refractivity contribution in [2.24, 2.45) is 10.8 Å². The summed E-state index contributed by atoms with van der Waals surface area (Å²) in [7, 11) is 0. The first-order valence-electron chi connectivity index (χ1n) is 17.3. The molecule has 1 radical (unpaired) electrons. The van der Waals surface area contributed by atoms with E-state index < -0.39 is 0 Å². The summed E-state index contributed by atoms with van der Waals surface area (Å²) in [5.74, 6) is 0.286. The molecular weight excluding hydrogens is 803 g/mol. The molecule has 0 atom stereocenters. The van der Waals surface area contributed by atoms with E-state index in [1.54, 1.807) is 11.3 Å². The zero-order valence-corrected chi connectivity index (χ0v) is 33.8. The molecule has 3 aromatic heterocycles. The normalized spacial score (nSPS) is 12.7. The van der Waals surface area contributed by atoms with E-state index in [9.17, 15) is 9.90 Å². The van der Waals surface area contributed by atoms with Crippen LogP contribution in [0.2, 0.25) is 0 Å².